The van der Waals surface area contributed by atoms with Gasteiger partial charge in [-0.3, -0.25) is 0 Å². The third-order valence-electron chi connectivity index (χ3n) is 4.15. The van der Waals surface area contributed by atoms with Crippen LogP contribution in [0.5, 0.6) is 11.5 Å². The van der Waals surface area contributed by atoms with Crippen LogP contribution in [-0.2, 0) is 13.2 Å². The number of benzene rings is 2. The molecule has 142 valence electrons. The van der Waals surface area contributed by atoms with Crippen molar-refractivity contribution in [3.8, 4) is 11.5 Å². The van der Waals surface area contributed by atoms with E-state index in [1.165, 1.54) is 6.07 Å². The fraction of sp³-hybridized carbons (Fsp3) is 0.150. The van der Waals surface area contributed by atoms with Crippen molar-refractivity contribution in [1.29, 1.82) is 0 Å². The minimum Gasteiger partial charge on any atom is -0.497 e. The third kappa shape index (κ3) is 4.07. The van der Waals surface area contributed by atoms with Crippen LogP contribution in [0.3, 0.4) is 0 Å². The van der Waals surface area contributed by atoms with E-state index in [-0.39, 0.29) is 6.61 Å². The highest BCUT2D eigenvalue weighted by molar-refractivity contribution is 9.10. The Morgan fingerprint density at radius 1 is 1.11 bits per heavy atom. The lowest BCUT2D eigenvalue weighted by Gasteiger charge is -2.06. The van der Waals surface area contributed by atoms with Crippen molar-refractivity contribution in [3.05, 3.63) is 80.9 Å². The van der Waals surface area contributed by atoms with Gasteiger partial charge in [0, 0.05) is 15.9 Å². The molecule has 0 saturated heterocycles. The van der Waals surface area contributed by atoms with E-state index >= 15 is 0 Å². The van der Waals surface area contributed by atoms with Crippen LogP contribution in [-0.4, -0.2) is 22.1 Å². The van der Waals surface area contributed by atoms with E-state index < -0.39 is 5.63 Å². The van der Waals surface area contributed by atoms with Gasteiger partial charge in [0.05, 0.1) is 19.9 Å². The first kappa shape index (κ1) is 18.2. The van der Waals surface area contributed by atoms with E-state index in [0.29, 0.717) is 23.6 Å². The summed E-state index contributed by atoms with van der Waals surface area (Å²) < 4.78 is 18.7. The van der Waals surface area contributed by atoms with E-state index in [2.05, 4.69) is 26.2 Å². The van der Waals surface area contributed by atoms with Gasteiger partial charge in [0.2, 0.25) is 0 Å². The first-order valence-electron chi connectivity index (χ1n) is 8.49. The van der Waals surface area contributed by atoms with E-state index in [1.807, 2.05) is 36.4 Å². The summed E-state index contributed by atoms with van der Waals surface area (Å²) in [6.07, 6.45) is 1.79. The second-order valence-electron chi connectivity index (χ2n) is 6.10. The van der Waals surface area contributed by atoms with Crippen LogP contribution in [0.1, 0.15) is 11.3 Å². The molecule has 0 N–H and O–H groups in total. The summed E-state index contributed by atoms with van der Waals surface area (Å²) >= 11 is 3.45. The number of ether oxygens (including phenoxy) is 2. The average Bonchev–Trinajstić information content (AvgIpc) is 3.14. The predicted octanol–water partition coefficient (Wildman–Crippen LogP) is 3.78. The highest BCUT2D eigenvalue weighted by Crippen LogP contribution is 2.22. The summed E-state index contributed by atoms with van der Waals surface area (Å²) in [5, 5.41) is 9.11. The zero-order valence-electron chi connectivity index (χ0n) is 15.0. The molecule has 4 rings (SSSR count). The molecule has 0 unspecified atom stereocenters. The fourth-order valence-corrected chi connectivity index (χ4v) is 3.18. The molecule has 0 radical (unpaired) electrons. The smallest absolute Gasteiger partial charge is 0.336 e. The summed E-state index contributed by atoms with van der Waals surface area (Å²) in [5.74, 6) is 1.48. The van der Waals surface area contributed by atoms with E-state index in [4.69, 9.17) is 13.9 Å². The predicted molar refractivity (Wildman–Crippen MR) is 107 cm³/mol. The second-order valence-corrected chi connectivity index (χ2v) is 7.02. The van der Waals surface area contributed by atoms with Gasteiger partial charge >= 0.3 is 5.63 Å². The lowest BCUT2D eigenvalue weighted by molar-refractivity contribution is 0.300. The standard InChI is InChI=1S/C20H16BrN3O4/c1-26-16-3-5-17(6-4-16)27-12-15-11-24(23-22-15)10-13-8-20(25)28-19-7-2-14(21)9-18(13)19/h2-9,11H,10,12H2,1H3. The Labute approximate surface area is 168 Å². The zero-order chi connectivity index (χ0) is 19.5. The number of nitrogens with zero attached hydrogens (tertiary/aromatic N) is 3. The second kappa shape index (κ2) is 7.85. The molecule has 2 heterocycles. The summed E-state index contributed by atoms with van der Waals surface area (Å²) in [5.41, 5.74) is 1.63. The molecule has 0 aliphatic rings. The first-order chi connectivity index (χ1) is 13.6. The summed E-state index contributed by atoms with van der Waals surface area (Å²) in [4.78, 5) is 11.8. The Kier molecular flexibility index (Phi) is 5.12. The lowest BCUT2D eigenvalue weighted by atomic mass is 10.1. The number of rotatable bonds is 6. The molecule has 2 aromatic heterocycles. The average molecular weight is 442 g/mol. The van der Waals surface area contributed by atoms with Crippen LogP contribution in [0.4, 0.5) is 0 Å². The largest absolute Gasteiger partial charge is 0.497 e. The monoisotopic (exact) mass is 441 g/mol. The van der Waals surface area contributed by atoms with Crippen molar-refractivity contribution in [2.45, 2.75) is 13.2 Å². The molecule has 0 atom stereocenters. The van der Waals surface area contributed by atoms with Crippen LogP contribution >= 0.6 is 15.9 Å². The first-order valence-corrected chi connectivity index (χ1v) is 9.28. The molecule has 0 aliphatic carbocycles. The van der Waals surface area contributed by atoms with Gasteiger partial charge in [0.15, 0.2) is 0 Å². The molecule has 0 spiro atoms. The minimum absolute atomic E-state index is 0.287. The topological polar surface area (TPSA) is 79.4 Å². The van der Waals surface area contributed by atoms with Crippen LogP contribution in [0, 0.1) is 0 Å². The number of hydrogen-bond donors (Lipinski definition) is 0. The molecule has 0 amide bonds. The fourth-order valence-electron chi connectivity index (χ4n) is 2.82. The van der Waals surface area contributed by atoms with Crippen molar-refractivity contribution < 1.29 is 13.9 Å². The molecular weight excluding hydrogens is 426 g/mol. The summed E-state index contributed by atoms with van der Waals surface area (Å²) in [6, 6.07) is 14.3. The number of fused-ring (bicyclic) bond motifs is 1. The van der Waals surface area contributed by atoms with Gasteiger partial charge in [-0.25, -0.2) is 9.48 Å². The van der Waals surface area contributed by atoms with Gasteiger partial charge in [-0.2, -0.15) is 0 Å². The van der Waals surface area contributed by atoms with Gasteiger partial charge in [-0.1, -0.05) is 21.1 Å². The van der Waals surface area contributed by atoms with Crippen molar-refractivity contribution in [2.75, 3.05) is 7.11 Å². The highest BCUT2D eigenvalue weighted by Gasteiger charge is 2.09. The molecule has 8 heteroatoms. The van der Waals surface area contributed by atoms with Crippen LogP contribution in [0.2, 0.25) is 0 Å². The SMILES string of the molecule is COc1ccc(OCc2cn(Cc3cc(=O)oc4ccc(Br)cc34)nn2)cc1. The molecule has 0 aliphatic heterocycles. The van der Waals surface area contributed by atoms with E-state index in [0.717, 1.165) is 21.2 Å². The number of methoxy groups -OCH3 is 1. The van der Waals surface area contributed by atoms with Crippen molar-refractivity contribution in [1.82, 2.24) is 15.0 Å². The van der Waals surface area contributed by atoms with Crippen molar-refractivity contribution in [3.63, 3.8) is 0 Å². The van der Waals surface area contributed by atoms with Gasteiger partial charge in [-0.15, -0.1) is 5.10 Å². The Bertz CT molecular complexity index is 1170. The third-order valence-corrected chi connectivity index (χ3v) is 4.65. The maximum Gasteiger partial charge on any atom is 0.336 e. The molecule has 0 bridgehead atoms. The van der Waals surface area contributed by atoms with E-state index in [9.17, 15) is 4.79 Å². The van der Waals surface area contributed by atoms with Crippen LogP contribution in [0.15, 0.2) is 68.4 Å². The lowest BCUT2D eigenvalue weighted by Crippen LogP contribution is -2.06. The molecule has 2 aromatic carbocycles. The highest BCUT2D eigenvalue weighted by atomic mass is 79.9. The quantitative estimate of drug-likeness (QED) is 0.423. The number of aromatic nitrogens is 3. The Hall–Kier alpha value is -3.13. The Morgan fingerprint density at radius 3 is 2.68 bits per heavy atom. The maximum atomic E-state index is 11.8. The molecule has 4 aromatic rings. The maximum absolute atomic E-state index is 11.8. The Morgan fingerprint density at radius 2 is 1.89 bits per heavy atom. The van der Waals surface area contributed by atoms with Gasteiger partial charge in [0.25, 0.3) is 0 Å². The number of hydrogen-bond acceptors (Lipinski definition) is 6. The molecule has 0 saturated carbocycles. The van der Waals surface area contributed by atoms with Gasteiger partial charge < -0.3 is 13.9 Å². The zero-order valence-corrected chi connectivity index (χ0v) is 16.5. The molecule has 28 heavy (non-hydrogen) atoms. The van der Waals surface area contributed by atoms with Gasteiger partial charge in [0.1, 0.15) is 29.4 Å². The molecular formula is C20H16BrN3O4. The summed E-state index contributed by atoms with van der Waals surface area (Å²) in [7, 11) is 1.62. The van der Waals surface area contributed by atoms with Gasteiger partial charge in [-0.05, 0) is 48.0 Å². The minimum atomic E-state index is -0.395. The normalized spacial score (nSPS) is 10.9. The van der Waals surface area contributed by atoms with Crippen LogP contribution in [0.25, 0.3) is 11.0 Å². The van der Waals surface area contributed by atoms with E-state index in [1.54, 1.807) is 24.1 Å². The van der Waals surface area contributed by atoms with Crippen molar-refractivity contribution >= 4 is 26.9 Å². The molecule has 7 nitrogen and oxygen atoms in total. The molecule has 0 fully saturated rings. The Balaban J connectivity index is 1.49. The number of halogens is 1. The van der Waals surface area contributed by atoms with Crippen LogP contribution < -0.4 is 15.1 Å². The summed E-state index contributed by atoms with van der Waals surface area (Å²) in [6.45, 7) is 0.684. The van der Waals surface area contributed by atoms with Crippen molar-refractivity contribution in [2.24, 2.45) is 0 Å².